The van der Waals surface area contributed by atoms with Gasteiger partial charge in [-0.2, -0.15) is 0 Å². The molecule has 1 heterocycles. The second-order valence-corrected chi connectivity index (χ2v) is 11.2. The number of sulfonamides is 1. The summed E-state index contributed by atoms with van der Waals surface area (Å²) in [6.45, 7) is 12.6. The number of carbonyl (C=O) groups is 1. The summed E-state index contributed by atoms with van der Waals surface area (Å²) in [5.41, 5.74) is 1.44. The first-order valence-electron chi connectivity index (χ1n) is 11.7. The molecule has 0 saturated carbocycles. The molecule has 9 heteroatoms. The average molecular weight is 491 g/mol. The third-order valence-electron chi connectivity index (χ3n) is 5.52. The van der Waals surface area contributed by atoms with Gasteiger partial charge in [-0.3, -0.25) is 9.52 Å². The summed E-state index contributed by atoms with van der Waals surface area (Å²) in [5.74, 6) is -0.396. The van der Waals surface area contributed by atoms with E-state index in [4.69, 9.17) is 0 Å². The zero-order valence-electron chi connectivity index (χ0n) is 20.3. The molecular weight excluding hydrogens is 455 g/mol. The summed E-state index contributed by atoms with van der Waals surface area (Å²) in [7, 11) is -4.16. The van der Waals surface area contributed by atoms with E-state index in [2.05, 4.69) is 42.6 Å². The van der Waals surface area contributed by atoms with Gasteiger partial charge in [0.1, 0.15) is 10.7 Å². The van der Waals surface area contributed by atoms with Crippen molar-refractivity contribution < 1.29 is 17.6 Å². The predicted octanol–water partition coefficient (Wildman–Crippen LogP) is 3.79. The van der Waals surface area contributed by atoms with E-state index in [1.807, 2.05) is 4.90 Å². The number of benzene rings is 2. The molecule has 1 fully saturated rings. The molecule has 34 heavy (non-hydrogen) atoms. The van der Waals surface area contributed by atoms with Crippen molar-refractivity contribution in [2.45, 2.75) is 32.6 Å². The van der Waals surface area contributed by atoms with Gasteiger partial charge < -0.3 is 15.1 Å². The summed E-state index contributed by atoms with van der Waals surface area (Å²) in [6, 6.07) is 10.2. The first-order chi connectivity index (χ1) is 16.1. The lowest BCUT2D eigenvalue weighted by molar-refractivity contribution is 0.0715. The summed E-state index contributed by atoms with van der Waals surface area (Å²) in [6.07, 6.45) is 0. The van der Waals surface area contributed by atoms with E-state index in [0.29, 0.717) is 18.7 Å². The summed E-state index contributed by atoms with van der Waals surface area (Å²) < 4.78 is 42.3. The van der Waals surface area contributed by atoms with Crippen LogP contribution in [0.1, 0.15) is 38.1 Å². The highest BCUT2D eigenvalue weighted by Gasteiger charge is 2.26. The number of hydrogen-bond acceptors (Lipinski definition) is 5. The third-order valence-corrected chi connectivity index (χ3v) is 6.94. The number of amides is 1. The second kappa shape index (κ2) is 11.2. The number of hydrogen-bond donors (Lipinski definition) is 2. The number of carbonyl (C=O) groups excluding carboxylic acids is 1. The fourth-order valence-electron chi connectivity index (χ4n) is 4.12. The molecule has 0 aromatic heterocycles. The first kappa shape index (κ1) is 26.0. The largest absolute Gasteiger partial charge is 0.368 e. The van der Waals surface area contributed by atoms with Crippen molar-refractivity contribution >= 4 is 27.3 Å². The van der Waals surface area contributed by atoms with Crippen molar-refractivity contribution in [3.63, 3.8) is 0 Å². The van der Waals surface area contributed by atoms with Crippen molar-refractivity contribution in [3.8, 4) is 0 Å². The maximum Gasteiger partial charge on any atom is 0.264 e. The Kier molecular flexibility index (Phi) is 8.54. The van der Waals surface area contributed by atoms with Crippen LogP contribution in [0.4, 0.5) is 15.8 Å². The quantitative estimate of drug-likeness (QED) is 0.559. The van der Waals surface area contributed by atoms with Crippen LogP contribution < -0.4 is 14.9 Å². The number of halogens is 1. The van der Waals surface area contributed by atoms with Crippen molar-refractivity contribution in [2.75, 3.05) is 48.9 Å². The maximum atomic E-state index is 14.2. The molecule has 0 atom stereocenters. The lowest BCUT2D eigenvalue weighted by Gasteiger charge is -2.33. The van der Waals surface area contributed by atoms with E-state index in [9.17, 15) is 17.6 Å². The van der Waals surface area contributed by atoms with Gasteiger partial charge in [0.25, 0.3) is 15.9 Å². The van der Waals surface area contributed by atoms with Crippen molar-refractivity contribution in [1.82, 2.24) is 10.2 Å². The highest BCUT2D eigenvalue weighted by atomic mass is 32.2. The molecule has 186 valence electrons. The maximum absolute atomic E-state index is 14.2. The van der Waals surface area contributed by atoms with Gasteiger partial charge in [0.05, 0.1) is 5.56 Å². The summed E-state index contributed by atoms with van der Waals surface area (Å²) in [5, 5.41) is 3.31. The highest BCUT2D eigenvalue weighted by Crippen LogP contribution is 2.28. The van der Waals surface area contributed by atoms with Crippen molar-refractivity contribution in [3.05, 3.63) is 53.8 Å². The van der Waals surface area contributed by atoms with Gasteiger partial charge in [0, 0.05) is 50.6 Å². The Hall–Kier alpha value is -2.65. The predicted molar refractivity (Wildman–Crippen MR) is 134 cm³/mol. The molecule has 3 rings (SSSR count). The molecule has 0 unspecified atom stereocenters. The Morgan fingerprint density at radius 2 is 1.68 bits per heavy atom. The normalized spacial score (nSPS) is 14.5. The standard InChI is InChI=1S/C25H35FN4O3S/c1-18(2)16-30(17-19(3)4)25(31)21-15-20(9-10-23(21)29-13-11-27-12-14-29)28-34(32,33)24-8-6-5-7-22(24)26/h5-10,15,18-19,27-28H,11-14,16-17H2,1-4H3. The van der Waals surface area contributed by atoms with Crippen molar-refractivity contribution in [1.29, 1.82) is 0 Å². The molecule has 0 radical (unpaired) electrons. The van der Waals surface area contributed by atoms with Crippen LogP contribution >= 0.6 is 0 Å². The van der Waals surface area contributed by atoms with E-state index < -0.39 is 20.7 Å². The van der Waals surface area contributed by atoms with Gasteiger partial charge in [-0.25, -0.2) is 12.8 Å². The fourth-order valence-corrected chi connectivity index (χ4v) is 5.25. The Morgan fingerprint density at radius 1 is 1.06 bits per heavy atom. The minimum Gasteiger partial charge on any atom is -0.368 e. The van der Waals surface area contributed by atoms with E-state index >= 15 is 0 Å². The molecule has 0 bridgehead atoms. The van der Waals surface area contributed by atoms with Gasteiger partial charge in [-0.05, 0) is 42.2 Å². The average Bonchev–Trinajstić information content (AvgIpc) is 2.78. The van der Waals surface area contributed by atoms with Crippen LogP contribution in [0.3, 0.4) is 0 Å². The van der Waals surface area contributed by atoms with E-state index in [-0.39, 0.29) is 23.4 Å². The number of anilines is 2. The molecule has 1 aliphatic rings. The lowest BCUT2D eigenvalue weighted by Crippen LogP contribution is -2.45. The van der Waals surface area contributed by atoms with E-state index in [1.54, 1.807) is 18.2 Å². The summed E-state index contributed by atoms with van der Waals surface area (Å²) >= 11 is 0. The van der Waals surface area contributed by atoms with Crippen LogP contribution in [-0.4, -0.2) is 58.5 Å². The van der Waals surface area contributed by atoms with Gasteiger partial charge in [-0.1, -0.05) is 39.8 Å². The number of nitrogens with zero attached hydrogens (tertiary/aromatic N) is 2. The van der Waals surface area contributed by atoms with Gasteiger partial charge in [-0.15, -0.1) is 0 Å². The molecule has 2 N–H and O–H groups in total. The molecule has 1 aliphatic heterocycles. The van der Waals surface area contributed by atoms with E-state index in [0.717, 1.165) is 37.9 Å². The van der Waals surface area contributed by atoms with Crippen molar-refractivity contribution in [2.24, 2.45) is 11.8 Å². The molecule has 7 nitrogen and oxygen atoms in total. The smallest absolute Gasteiger partial charge is 0.264 e. The topological polar surface area (TPSA) is 81.8 Å². The molecule has 0 aliphatic carbocycles. The third kappa shape index (κ3) is 6.48. The lowest BCUT2D eigenvalue weighted by atomic mass is 10.1. The SMILES string of the molecule is CC(C)CN(CC(C)C)C(=O)c1cc(NS(=O)(=O)c2ccccc2F)ccc1N1CCNCC1. The minimum atomic E-state index is -4.16. The molecule has 0 spiro atoms. The van der Waals surface area contributed by atoms with Gasteiger partial charge in [0.15, 0.2) is 0 Å². The second-order valence-electron chi connectivity index (χ2n) is 9.50. The Bertz CT molecular complexity index is 1090. The fraction of sp³-hybridized carbons (Fsp3) is 0.480. The molecule has 1 amide bonds. The highest BCUT2D eigenvalue weighted by molar-refractivity contribution is 7.92. The number of piperazine rings is 1. The van der Waals surface area contributed by atoms with Gasteiger partial charge >= 0.3 is 0 Å². The molecule has 2 aromatic rings. The van der Waals surface area contributed by atoms with Crippen LogP contribution in [0.2, 0.25) is 0 Å². The van der Waals surface area contributed by atoms with Crippen LogP contribution in [0.25, 0.3) is 0 Å². The zero-order chi connectivity index (χ0) is 24.9. The first-order valence-corrected chi connectivity index (χ1v) is 13.2. The number of rotatable bonds is 9. The Morgan fingerprint density at radius 3 is 2.26 bits per heavy atom. The number of nitrogens with one attached hydrogen (secondary N) is 2. The summed E-state index contributed by atoms with van der Waals surface area (Å²) in [4.78, 5) is 17.3. The van der Waals surface area contributed by atoms with E-state index in [1.165, 1.54) is 18.2 Å². The Balaban J connectivity index is 2.01. The molecule has 1 saturated heterocycles. The molecular formula is C25H35FN4O3S. The van der Waals surface area contributed by atoms with Crippen LogP contribution in [-0.2, 0) is 10.0 Å². The minimum absolute atomic E-state index is 0.136. The molecule has 2 aromatic carbocycles. The zero-order valence-corrected chi connectivity index (χ0v) is 21.2. The monoisotopic (exact) mass is 490 g/mol. The van der Waals surface area contributed by atoms with Crippen LogP contribution in [0.15, 0.2) is 47.4 Å². The van der Waals surface area contributed by atoms with Crippen LogP contribution in [0, 0.1) is 17.7 Å². The van der Waals surface area contributed by atoms with Crippen LogP contribution in [0.5, 0.6) is 0 Å². The Labute approximate surface area is 202 Å². The van der Waals surface area contributed by atoms with Gasteiger partial charge in [0.2, 0.25) is 0 Å².